The number of methoxy groups -OCH3 is 1. The van der Waals surface area contributed by atoms with Crippen LogP contribution < -0.4 is 15.4 Å². The van der Waals surface area contributed by atoms with Gasteiger partial charge in [-0.1, -0.05) is 42.1 Å². The van der Waals surface area contributed by atoms with Crippen LogP contribution in [0.1, 0.15) is 12.0 Å². The molecule has 0 bridgehead atoms. The lowest BCUT2D eigenvalue weighted by molar-refractivity contribution is -0.118. The normalized spacial score (nSPS) is 11.1. The number of primary amides is 1. The lowest BCUT2D eigenvalue weighted by Crippen LogP contribution is -2.35. The lowest BCUT2D eigenvalue weighted by Gasteiger charge is -2.24. The Hall–Kier alpha value is -3.59. The molecule has 164 valence electrons. The summed E-state index contributed by atoms with van der Waals surface area (Å²) in [4.78, 5) is 26.1. The molecule has 2 N–H and O–H groups in total. The second-order valence-corrected chi connectivity index (χ2v) is 8.19. The van der Waals surface area contributed by atoms with Crippen molar-refractivity contribution in [3.63, 3.8) is 0 Å². The predicted molar refractivity (Wildman–Crippen MR) is 125 cm³/mol. The van der Waals surface area contributed by atoms with E-state index < -0.39 is 5.91 Å². The minimum Gasteiger partial charge on any atom is -0.495 e. The second kappa shape index (κ2) is 9.27. The van der Waals surface area contributed by atoms with Crippen LogP contribution in [0.25, 0.3) is 16.6 Å². The van der Waals surface area contributed by atoms with E-state index in [4.69, 9.17) is 10.5 Å². The Morgan fingerprint density at radius 3 is 2.66 bits per heavy atom. The summed E-state index contributed by atoms with van der Waals surface area (Å²) in [6, 6.07) is 17.2. The van der Waals surface area contributed by atoms with Crippen LogP contribution in [0, 0.1) is 6.92 Å². The van der Waals surface area contributed by atoms with E-state index in [0.717, 1.165) is 22.1 Å². The summed E-state index contributed by atoms with van der Waals surface area (Å²) in [7, 11) is 1.54. The first kappa shape index (κ1) is 21.6. The second-order valence-electron chi connectivity index (χ2n) is 7.24. The maximum absolute atomic E-state index is 13.2. The highest BCUT2D eigenvalue weighted by Crippen LogP contribution is 2.30. The number of aromatic nitrogens is 3. The van der Waals surface area contributed by atoms with Crippen LogP contribution in [-0.2, 0) is 9.59 Å². The number of thioether (sulfide) groups is 1. The number of carbonyl (C=O) groups is 2. The number of anilines is 1. The monoisotopic (exact) mass is 449 g/mol. The highest BCUT2D eigenvalue weighted by Gasteiger charge is 2.21. The van der Waals surface area contributed by atoms with Crippen molar-refractivity contribution in [1.82, 2.24) is 14.6 Å². The number of benzene rings is 2. The molecule has 0 fully saturated rings. The minimum absolute atomic E-state index is 0.0479. The van der Waals surface area contributed by atoms with Crippen LogP contribution in [0.15, 0.2) is 59.8 Å². The molecule has 32 heavy (non-hydrogen) atoms. The van der Waals surface area contributed by atoms with Crippen molar-refractivity contribution in [2.75, 3.05) is 24.3 Å². The Morgan fingerprint density at radius 2 is 1.88 bits per heavy atom. The number of nitrogens with two attached hydrogens (primary N) is 1. The number of ether oxygens (including phenoxy) is 1. The van der Waals surface area contributed by atoms with Crippen molar-refractivity contribution in [2.24, 2.45) is 5.73 Å². The van der Waals surface area contributed by atoms with Gasteiger partial charge in [0.15, 0.2) is 10.8 Å². The Labute approximate surface area is 189 Å². The van der Waals surface area contributed by atoms with Gasteiger partial charge in [-0.05, 0) is 36.8 Å². The third kappa shape index (κ3) is 4.24. The molecule has 4 rings (SSSR count). The van der Waals surface area contributed by atoms with Gasteiger partial charge in [0.25, 0.3) is 0 Å². The number of aryl methyl sites for hydroxylation is 1. The average Bonchev–Trinajstić information content (AvgIpc) is 3.21. The zero-order valence-corrected chi connectivity index (χ0v) is 18.6. The zero-order valence-electron chi connectivity index (χ0n) is 17.8. The fraction of sp³-hybridized carbons (Fsp3) is 0.217. The SMILES string of the molecule is COc1ccccc1N(CCC(N)=O)C(=O)CSc1nnc2cc(C)c3ccccc3n12. The van der Waals surface area contributed by atoms with Crippen molar-refractivity contribution < 1.29 is 14.3 Å². The Balaban J connectivity index is 1.63. The number of carbonyl (C=O) groups excluding carboxylic acids is 2. The maximum Gasteiger partial charge on any atom is 0.237 e. The van der Waals surface area contributed by atoms with Crippen LogP contribution in [0.5, 0.6) is 5.75 Å². The number of fused-ring (bicyclic) bond motifs is 3. The fourth-order valence-electron chi connectivity index (χ4n) is 3.63. The highest BCUT2D eigenvalue weighted by molar-refractivity contribution is 7.99. The van der Waals surface area contributed by atoms with Gasteiger partial charge in [-0.3, -0.25) is 14.0 Å². The first-order chi connectivity index (χ1) is 15.5. The molecule has 0 aliphatic heterocycles. The molecule has 0 saturated heterocycles. The first-order valence-corrected chi connectivity index (χ1v) is 11.1. The Morgan fingerprint density at radius 1 is 1.12 bits per heavy atom. The molecular formula is C23H23N5O3S. The Bertz CT molecular complexity index is 1300. The molecule has 0 radical (unpaired) electrons. The van der Waals surface area contributed by atoms with Gasteiger partial charge in [-0.15, -0.1) is 10.2 Å². The van der Waals surface area contributed by atoms with Crippen molar-refractivity contribution in [1.29, 1.82) is 0 Å². The number of hydrogen-bond donors (Lipinski definition) is 1. The maximum atomic E-state index is 13.2. The van der Waals surface area contributed by atoms with E-state index in [1.54, 1.807) is 19.2 Å². The largest absolute Gasteiger partial charge is 0.495 e. The van der Waals surface area contributed by atoms with Crippen LogP contribution >= 0.6 is 11.8 Å². The molecular weight excluding hydrogens is 426 g/mol. The summed E-state index contributed by atoms with van der Waals surface area (Å²) in [5.74, 6) is -0.00549. The quantitative estimate of drug-likeness (QED) is 0.415. The molecule has 8 nitrogen and oxygen atoms in total. The summed E-state index contributed by atoms with van der Waals surface area (Å²) < 4.78 is 7.36. The van der Waals surface area contributed by atoms with E-state index in [1.807, 2.05) is 47.7 Å². The van der Waals surface area contributed by atoms with Gasteiger partial charge in [0, 0.05) is 18.4 Å². The summed E-state index contributed by atoms with van der Waals surface area (Å²) in [5, 5.41) is 10.3. The summed E-state index contributed by atoms with van der Waals surface area (Å²) in [5.41, 5.74) is 8.75. The molecule has 2 aromatic carbocycles. The van der Waals surface area contributed by atoms with Crippen LogP contribution in [0.2, 0.25) is 0 Å². The predicted octanol–water partition coefficient (Wildman–Crippen LogP) is 3.20. The molecule has 0 atom stereocenters. The summed E-state index contributed by atoms with van der Waals surface area (Å²) >= 11 is 1.30. The molecule has 2 aromatic heterocycles. The average molecular weight is 450 g/mol. The van der Waals surface area contributed by atoms with E-state index in [9.17, 15) is 9.59 Å². The van der Waals surface area contributed by atoms with Crippen molar-refractivity contribution in [2.45, 2.75) is 18.5 Å². The zero-order chi connectivity index (χ0) is 22.7. The smallest absolute Gasteiger partial charge is 0.237 e. The van der Waals surface area contributed by atoms with Gasteiger partial charge in [-0.25, -0.2) is 0 Å². The first-order valence-electron chi connectivity index (χ1n) is 10.1. The van der Waals surface area contributed by atoms with Crippen molar-refractivity contribution in [3.05, 3.63) is 60.2 Å². The lowest BCUT2D eigenvalue weighted by atomic mass is 10.1. The number of amides is 2. The molecule has 0 aliphatic carbocycles. The number of para-hydroxylation sites is 3. The number of rotatable bonds is 8. The summed E-state index contributed by atoms with van der Waals surface area (Å²) in [6.45, 7) is 2.20. The third-order valence-electron chi connectivity index (χ3n) is 5.16. The van der Waals surface area contributed by atoms with Crippen LogP contribution in [0.3, 0.4) is 0 Å². The molecule has 0 unspecified atom stereocenters. The molecule has 4 aromatic rings. The number of nitrogens with zero attached hydrogens (tertiary/aromatic N) is 4. The van der Waals surface area contributed by atoms with Gasteiger partial charge < -0.3 is 15.4 Å². The standard InChI is InChI=1S/C23H23N5O3S/c1-15-13-21-25-26-23(28(21)17-8-4-3-7-16(15)17)32-14-22(30)27(12-11-20(24)29)18-9-5-6-10-19(18)31-2/h3-10,13H,11-12,14H2,1-2H3,(H2,24,29). The van der Waals surface area contributed by atoms with Gasteiger partial charge in [-0.2, -0.15) is 0 Å². The molecule has 0 saturated carbocycles. The minimum atomic E-state index is -0.476. The Kier molecular flexibility index (Phi) is 6.27. The number of pyridine rings is 1. The fourth-order valence-corrected chi connectivity index (χ4v) is 4.45. The molecule has 2 heterocycles. The van der Waals surface area contributed by atoms with Crippen LogP contribution in [-0.4, -0.2) is 45.8 Å². The number of hydrogen-bond acceptors (Lipinski definition) is 6. The highest BCUT2D eigenvalue weighted by atomic mass is 32.2. The molecule has 9 heteroatoms. The molecule has 0 spiro atoms. The van der Waals surface area contributed by atoms with Crippen molar-refractivity contribution >= 4 is 45.8 Å². The van der Waals surface area contributed by atoms with Gasteiger partial charge >= 0.3 is 0 Å². The third-order valence-corrected chi connectivity index (χ3v) is 6.07. The molecule has 2 amide bonds. The van der Waals surface area contributed by atoms with E-state index >= 15 is 0 Å². The van der Waals surface area contributed by atoms with Gasteiger partial charge in [0.1, 0.15) is 5.75 Å². The van der Waals surface area contributed by atoms with Crippen molar-refractivity contribution in [3.8, 4) is 5.75 Å². The molecule has 0 aliphatic rings. The topological polar surface area (TPSA) is 103 Å². The van der Waals surface area contributed by atoms with Gasteiger partial charge in [0.05, 0.1) is 24.1 Å². The van der Waals surface area contributed by atoms with Crippen LogP contribution in [0.4, 0.5) is 5.69 Å². The van der Waals surface area contributed by atoms with E-state index in [-0.39, 0.29) is 24.6 Å². The van der Waals surface area contributed by atoms with E-state index in [0.29, 0.717) is 16.6 Å². The van der Waals surface area contributed by atoms with Gasteiger partial charge in [0.2, 0.25) is 11.8 Å². The summed E-state index contributed by atoms with van der Waals surface area (Å²) in [6.07, 6.45) is 0.0479. The van der Waals surface area contributed by atoms with E-state index in [1.165, 1.54) is 16.7 Å². The van der Waals surface area contributed by atoms with E-state index in [2.05, 4.69) is 16.3 Å².